The number of ether oxygens (including phenoxy) is 2. The zero-order chi connectivity index (χ0) is 25.8. The number of hydrogen-bond donors (Lipinski definition) is 4. The van der Waals surface area contributed by atoms with Crippen LogP contribution in [-0.2, 0) is 19.1 Å². The quantitative estimate of drug-likeness (QED) is 0.335. The molecule has 0 aromatic heterocycles. The molecule has 2 aliphatic heterocycles. The molecule has 2 atom stereocenters. The lowest BCUT2D eigenvalue weighted by Crippen LogP contribution is -2.55. The van der Waals surface area contributed by atoms with E-state index in [0.29, 0.717) is 48.8 Å². The fourth-order valence-corrected chi connectivity index (χ4v) is 4.14. The number of rotatable bonds is 6. The van der Waals surface area contributed by atoms with E-state index in [1.807, 2.05) is 6.92 Å². The first-order chi connectivity index (χ1) is 17.3. The molecule has 2 heterocycles. The molecule has 0 saturated carbocycles. The van der Waals surface area contributed by atoms with Crippen molar-refractivity contribution in [3.8, 4) is 0 Å². The summed E-state index contributed by atoms with van der Waals surface area (Å²) in [6.45, 7) is 4.11. The fraction of sp³-hybridized carbons (Fsp3) is 0.360. The van der Waals surface area contributed by atoms with E-state index in [-0.39, 0.29) is 24.9 Å². The normalized spacial score (nSPS) is 19.1. The molecule has 0 aliphatic carbocycles. The molecule has 3 amide bonds. The van der Waals surface area contributed by atoms with E-state index in [1.54, 1.807) is 35.2 Å². The molecule has 36 heavy (non-hydrogen) atoms. The number of morpholine rings is 2. The molecular formula is C25H29N5O6. The van der Waals surface area contributed by atoms with Crippen LogP contribution in [0.4, 0.5) is 11.4 Å². The van der Waals surface area contributed by atoms with E-state index < -0.39 is 24.0 Å². The Morgan fingerprint density at radius 1 is 1.08 bits per heavy atom. The van der Waals surface area contributed by atoms with Gasteiger partial charge in [-0.15, -0.1) is 0 Å². The second-order valence-corrected chi connectivity index (χ2v) is 8.61. The summed E-state index contributed by atoms with van der Waals surface area (Å²) >= 11 is 0. The summed E-state index contributed by atoms with van der Waals surface area (Å²) in [6.07, 6.45) is -3.17. The smallest absolute Gasteiger partial charge is 0.259 e. The third kappa shape index (κ3) is 5.38. The largest absolute Gasteiger partial charge is 0.384 e. The number of aryl methyl sites for hydroxylation is 1. The van der Waals surface area contributed by atoms with E-state index >= 15 is 0 Å². The Hall–Kier alpha value is -3.80. The number of nitrogens with zero attached hydrogens (tertiary/aromatic N) is 2. The van der Waals surface area contributed by atoms with Crippen LogP contribution in [0.5, 0.6) is 0 Å². The van der Waals surface area contributed by atoms with Crippen LogP contribution in [-0.4, -0.2) is 85.2 Å². The maximum Gasteiger partial charge on any atom is 0.259 e. The minimum atomic E-state index is -1.76. The summed E-state index contributed by atoms with van der Waals surface area (Å²) in [7, 11) is 0. The average Bonchev–Trinajstić information content (AvgIpc) is 2.89. The van der Waals surface area contributed by atoms with Crippen molar-refractivity contribution in [1.29, 1.82) is 5.41 Å². The van der Waals surface area contributed by atoms with Crippen LogP contribution in [0.15, 0.2) is 42.5 Å². The highest BCUT2D eigenvalue weighted by Crippen LogP contribution is 2.26. The van der Waals surface area contributed by atoms with Crippen LogP contribution in [0.3, 0.4) is 0 Å². The molecule has 11 nitrogen and oxygen atoms in total. The van der Waals surface area contributed by atoms with E-state index in [9.17, 15) is 19.5 Å². The van der Waals surface area contributed by atoms with Crippen molar-refractivity contribution in [2.75, 3.05) is 49.7 Å². The van der Waals surface area contributed by atoms with Crippen molar-refractivity contribution in [3.05, 3.63) is 59.2 Å². The number of nitrogens with two attached hydrogens (primary N) is 1. The van der Waals surface area contributed by atoms with Crippen molar-refractivity contribution in [2.24, 2.45) is 5.73 Å². The molecule has 190 valence electrons. The van der Waals surface area contributed by atoms with Gasteiger partial charge in [-0.05, 0) is 48.9 Å². The third-order valence-corrected chi connectivity index (χ3v) is 6.19. The number of aliphatic hydroxyl groups is 1. The summed E-state index contributed by atoms with van der Waals surface area (Å²) in [5.74, 6) is -1.64. The van der Waals surface area contributed by atoms with Gasteiger partial charge in [-0.1, -0.05) is 6.07 Å². The molecule has 11 heteroatoms. The van der Waals surface area contributed by atoms with Gasteiger partial charge in [0, 0.05) is 42.1 Å². The Morgan fingerprint density at radius 3 is 2.42 bits per heavy atom. The SMILES string of the molecule is Cc1ccc(C(=O)N2CCOCC2)cc1N1CCO[C@H]([C@@H](O)C(=O)Nc2ccc(C(=N)N)cc2)C1=O. The summed E-state index contributed by atoms with van der Waals surface area (Å²) in [4.78, 5) is 42.1. The van der Waals surface area contributed by atoms with Gasteiger partial charge in [0.05, 0.1) is 19.8 Å². The molecule has 0 radical (unpaired) electrons. The number of carbonyl (C=O) groups is 3. The zero-order valence-electron chi connectivity index (χ0n) is 19.9. The fourth-order valence-electron chi connectivity index (χ4n) is 4.14. The van der Waals surface area contributed by atoms with Crippen LogP contribution in [0.2, 0.25) is 0 Å². The minimum Gasteiger partial charge on any atom is -0.384 e. The second kappa shape index (κ2) is 10.9. The molecular weight excluding hydrogens is 466 g/mol. The molecule has 4 rings (SSSR count). The number of hydrogen-bond acceptors (Lipinski definition) is 7. The number of nitrogen functional groups attached to an aromatic ring is 1. The summed E-state index contributed by atoms with van der Waals surface area (Å²) < 4.78 is 10.8. The molecule has 0 bridgehead atoms. The van der Waals surface area contributed by atoms with Crippen molar-refractivity contribution in [2.45, 2.75) is 19.1 Å². The molecule has 2 aromatic carbocycles. The van der Waals surface area contributed by atoms with Crippen LogP contribution in [0.25, 0.3) is 0 Å². The molecule has 0 unspecified atom stereocenters. The Balaban J connectivity index is 1.48. The number of amidine groups is 1. The van der Waals surface area contributed by atoms with Gasteiger partial charge in [0.1, 0.15) is 5.84 Å². The number of carbonyl (C=O) groups excluding carboxylic acids is 3. The molecule has 2 aliphatic rings. The van der Waals surface area contributed by atoms with Gasteiger partial charge in [0.15, 0.2) is 12.2 Å². The predicted octanol–water partition coefficient (Wildman–Crippen LogP) is 0.483. The van der Waals surface area contributed by atoms with Gasteiger partial charge in [-0.2, -0.15) is 0 Å². The van der Waals surface area contributed by atoms with Gasteiger partial charge in [-0.3, -0.25) is 19.8 Å². The lowest BCUT2D eigenvalue weighted by molar-refractivity contribution is -0.150. The van der Waals surface area contributed by atoms with E-state index in [0.717, 1.165) is 5.56 Å². The summed E-state index contributed by atoms with van der Waals surface area (Å²) in [6, 6.07) is 11.4. The molecule has 5 N–H and O–H groups in total. The highest BCUT2D eigenvalue weighted by atomic mass is 16.5. The first-order valence-electron chi connectivity index (χ1n) is 11.6. The maximum absolute atomic E-state index is 13.3. The lowest BCUT2D eigenvalue weighted by Gasteiger charge is -2.35. The lowest BCUT2D eigenvalue weighted by atomic mass is 10.0. The van der Waals surface area contributed by atoms with Crippen LogP contribution >= 0.6 is 0 Å². The predicted molar refractivity (Wildman–Crippen MR) is 132 cm³/mol. The Morgan fingerprint density at radius 2 is 1.75 bits per heavy atom. The number of amides is 3. The Bertz CT molecular complexity index is 1160. The van der Waals surface area contributed by atoms with Gasteiger partial charge in [0.25, 0.3) is 17.7 Å². The van der Waals surface area contributed by atoms with Crippen molar-refractivity contribution in [1.82, 2.24) is 4.90 Å². The van der Waals surface area contributed by atoms with E-state index in [4.69, 9.17) is 20.6 Å². The Kier molecular flexibility index (Phi) is 7.63. The molecule has 2 aromatic rings. The number of nitrogens with one attached hydrogen (secondary N) is 2. The second-order valence-electron chi connectivity index (χ2n) is 8.61. The van der Waals surface area contributed by atoms with Crippen molar-refractivity contribution < 1.29 is 29.0 Å². The van der Waals surface area contributed by atoms with E-state index in [1.165, 1.54) is 17.0 Å². The van der Waals surface area contributed by atoms with E-state index in [2.05, 4.69) is 5.32 Å². The monoisotopic (exact) mass is 495 g/mol. The highest BCUT2D eigenvalue weighted by molar-refractivity contribution is 6.05. The number of aliphatic hydroxyl groups excluding tert-OH is 1. The topological polar surface area (TPSA) is 158 Å². The first-order valence-corrected chi connectivity index (χ1v) is 11.6. The summed E-state index contributed by atoms with van der Waals surface area (Å²) in [5.41, 5.74) is 8.03. The molecule has 2 saturated heterocycles. The summed E-state index contributed by atoms with van der Waals surface area (Å²) in [5, 5.41) is 20.6. The Labute approximate surface area is 208 Å². The number of benzene rings is 2. The van der Waals surface area contributed by atoms with Crippen LogP contribution in [0, 0.1) is 12.3 Å². The highest BCUT2D eigenvalue weighted by Gasteiger charge is 2.40. The third-order valence-electron chi connectivity index (χ3n) is 6.19. The van der Waals surface area contributed by atoms with Gasteiger partial charge >= 0.3 is 0 Å². The molecule has 2 fully saturated rings. The van der Waals surface area contributed by atoms with Gasteiger partial charge in [0.2, 0.25) is 0 Å². The average molecular weight is 496 g/mol. The van der Waals surface area contributed by atoms with Crippen molar-refractivity contribution in [3.63, 3.8) is 0 Å². The number of anilines is 2. The first kappa shape index (κ1) is 25.3. The minimum absolute atomic E-state index is 0.106. The molecule has 0 spiro atoms. The zero-order valence-corrected chi connectivity index (χ0v) is 19.9. The standard InChI is InChI=1S/C25H29N5O6/c1-15-2-3-17(24(33)29-8-11-35-12-9-29)14-19(15)30-10-13-36-21(25(30)34)20(31)23(32)28-18-6-4-16(5-7-18)22(26)27/h2-7,14,20-21,31H,8-13H2,1H3,(H3,26,27)(H,28,32)/t20-,21-/m1/s1. The van der Waals surface area contributed by atoms with Crippen molar-refractivity contribution >= 4 is 34.9 Å². The van der Waals surface area contributed by atoms with Gasteiger partial charge < -0.3 is 35.4 Å². The van der Waals surface area contributed by atoms with Gasteiger partial charge in [-0.25, -0.2) is 0 Å². The maximum atomic E-state index is 13.3. The van der Waals surface area contributed by atoms with Crippen LogP contribution in [0.1, 0.15) is 21.5 Å². The van der Waals surface area contributed by atoms with Crippen LogP contribution < -0.4 is 16.0 Å².